The number of nitrogens with zero attached hydrogens (tertiary/aromatic N) is 11. The number of pyridine rings is 9. The van der Waals surface area contributed by atoms with E-state index in [0.29, 0.717) is 76.9 Å². The summed E-state index contributed by atoms with van der Waals surface area (Å²) in [7, 11) is -5.95. The van der Waals surface area contributed by atoms with Crippen LogP contribution in [0.5, 0.6) is 0 Å². The average Bonchev–Trinajstić information content (AvgIpc) is 1.60. The molecule has 0 aliphatic heterocycles. The molecule has 9 N–H and O–H groups in total. The molecule has 0 aliphatic carbocycles. The molecule has 0 aliphatic rings. The number of nitrogens with two attached hydrogens (primary N) is 1. The molecule has 2 unspecified atom stereocenters. The summed E-state index contributed by atoms with van der Waals surface area (Å²) in [6, 6.07) is 87.5. The minimum Gasteiger partial charge on any atom is -0.399 e. The highest BCUT2D eigenvalue weighted by Gasteiger charge is 2.27. The number of methoxy groups -OCH3 is 1. The molecule has 20 rings (SSSR count). The Morgan fingerprint density at radius 1 is 0.383 bits per heavy atom. The molecule has 13 aromatic heterocycles. The molecule has 778 valence electrons. The summed E-state index contributed by atoms with van der Waals surface area (Å²) >= 11 is 35.6. The molecule has 13 heterocycles. The summed E-state index contributed by atoms with van der Waals surface area (Å²) in [6.45, 7) is 2.51. The third-order valence-electron chi connectivity index (χ3n) is 21.1. The Balaban J connectivity index is 0.000000314. The zero-order valence-corrected chi connectivity index (χ0v) is 82.9. The Bertz CT molecular complexity index is 7620. The maximum atomic E-state index is 13.3. The van der Waals surface area contributed by atoms with E-state index in [-0.39, 0.29) is 94.0 Å². The monoisotopic (exact) mass is 2270 g/mol. The van der Waals surface area contributed by atoms with Crippen molar-refractivity contribution in [2.24, 2.45) is 0 Å². The second-order valence-corrected chi connectivity index (χ2v) is 38.3. The van der Waals surface area contributed by atoms with Crippen LogP contribution in [0.4, 0.5) is 28.4 Å². The van der Waals surface area contributed by atoms with Gasteiger partial charge in [0.15, 0.2) is 23.9 Å². The number of carbonyl (C=O) groups excluding carboxylic acids is 2. The average molecular weight is 2270 g/mol. The number of aliphatic hydroxyl groups is 1. The van der Waals surface area contributed by atoms with Gasteiger partial charge in [-0.1, -0.05) is 179 Å². The summed E-state index contributed by atoms with van der Waals surface area (Å²) in [5.74, 6) is 0. The highest BCUT2D eigenvalue weighted by molar-refractivity contribution is 9.10. The number of aldehydes is 2. The predicted octanol–water partition coefficient (Wildman–Crippen LogP) is 30.3. The number of hydrogen-bond donors (Lipinski definition) is 8. The highest BCUT2D eigenvalue weighted by Crippen LogP contribution is 2.35. The summed E-state index contributed by atoms with van der Waals surface area (Å²) in [4.78, 5) is 66.5. The third-order valence-corrected chi connectivity index (χ3v) is 26.6. The molecular formula is C114H123Br2Cl5N18O8S2. The van der Waals surface area contributed by atoms with Crippen LogP contribution in [0.3, 0.4) is 0 Å². The quantitative estimate of drug-likeness (QED) is 0.0195. The van der Waals surface area contributed by atoms with Gasteiger partial charge in [-0.3, -0.25) is 34.5 Å². The van der Waals surface area contributed by atoms with Crippen molar-refractivity contribution in [2.75, 3.05) is 34.1 Å². The van der Waals surface area contributed by atoms with Crippen LogP contribution in [0, 0.1) is 0 Å². The van der Waals surface area contributed by atoms with Gasteiger partial charge in [-0.05, 0) is 280 Å². The summed E-state index contributed by atoms with van der Waals surface area (Å²) < 4.78 is 61.5. The molecule has 0 saturated heterocycles. The molecule has 149 heavy (non-hydrogen) atoms. The number of aromatic nitrogens is 13. The first-order chi connectivity index (χ1) is 67.9. The van der Waals surface area contributed by atoms with Crippen molar-refractivity contribution < 1.29 is 36.3 Å². The Morgan fingerprint density at radius 3 is 1.16 bits per heavy atom. The topological polar surface area (TPSA) is 363 Å². The van der Waals surface area contributed by atoms with Gasteiger partial charge in [0.1, 0.15) is 29.2 Å². The minimum absolute atomic E-state index is 0. The van der Waals surface area contributed by atoms with E-state index in [1.54, 1.807) is 153 Å². The van der Waals surface area contributed by atoms with E-state index in [4.69, 9.17) is 68.5 Å². The normalized spacial score (nSPS) is 10.7. The molecule has 0 amide bonds. The van der Waals surface area contributed by atoms with Crippen LogP contribution < -0.4 is 27.0 Å². The van der Waals surface area contributed by atoms with Crippen LogP contribution in [0.2, 0.25) is 25.1 Å². The standard InChI is InChI=1S/C26H21ClN4O3S.C21H19ClN4O.C20H17ClN4.C14H10N2O3S.C12H10BrClN2.C6H4BrNO.C6H6ClN.9CH4/c27-19-9-12-20(13-10-19)30-16-21-11-8-18(15-29-21)25(32)24-17-31(26-23(24)7-4-14-28-26)35(33,34)22-5-2-1-3-6-22;1-27-20(19-13-26-21-18(19)3-2-10-23-21)14-4-7-17(24-11-14)12-25-16-8-5-15(22)6-9-16;21-16-4-7-17(8-5-16)24-13-18-6-3-14(11-23-18)10-15-12-25-20-19(15)2-1-9-22-20;17-10-11-9-16(14-13(11)7-4-8-15-14)20(18,19)12-5-2-1-3-6-12;13-9-1-4-12(15-7-9)8-16-11-5-2-10(14)3-6-11;7-5-1-2-6(4-9)8-3-5;7-5-1-3-6(8)4-2-5;;;;;;;;;/h1-15,17,25,30,32H,16H2;2-11,13,20,25H,12H2,1H3,(H,23,26);1-9,11-12,24H,10,13H2,(H,22,25);1-10H;1-7,16H,8H2;1-4H;1-4H,8H2;9*1H4. The summed E-state index contributed by atoms with van der Waals surface area (Å²) in [5, 5.41) is 31.2. The SMILES string of the molecule is C.C.C.C.C.C.C.C.C.COC(c1ccc(CNc2ccc(Cl)cc2)nc1)c1c[nH]c2ncccc12.Clc1ccc(NCc2ccc(Br)cn2)cc1.Clc1ccc(NCc2ccc(Cc3c[nH]c4ncccc34)cn2)cc1.Nc1ccc(Cl)cc1.O=Cc1ccc(Br)cn1.O=Cc1cn(S(=O)(=O)c2ccccc2)c2ncccc12.O=S(=O)(c1ccccc1)n1cc(C(O)c2ccc(CNc3ccc(Cl)cc3)nc2)c2cccnc21. The molecular weight excluding hydrogens is 2150 g/mol. The number of aromatic amines is 2. The van der Waals surface area contributed by atoms with E-state index in [0.717, 1.165) is 128 Å². The summed E-state index contributed by atoms with van der Waals surface area (Å²) in [5.41, 5.74) is 22.3. The lowest BCUT2D eigenvalue weighted by Crippen LogP contribution is -2.12. The molecule has 0 saturated carbocycles. The maximum Gasteiger partial charge on any atom is 0.269 e. The molecule has 0 radical (unpaired) electrons. The van der Waals surface area contributed by atoms with Crippen molar-refractivity contribution in [2.45, 2.75) is 121 Å². The number of ether oxygens (including phenoxy) is 1. The van der Waals surface area contributed by atoms with Crippen LogP contribution in [-0.4, -0.2) is 104 Å². The zero-order chi connectivity index (χ0) is 98.3. The largest absolute Gasteiger partial charge is 0.399 e. The van der Waals surface area contributed by atoms with Gasteiger partial charge in [0.25, 0.3) is 20.0 Å². The smallest absolute Gasteiger partial charge is 0.269 e. The number of aliphatic hydroxyl groups excluding tert-OH is 1. The first-order valence-electron chi connectivity index (χ1n) is 43.0. The van der Waals surface area contributed by atoms with E-state index in [1.165, 1.54) is 60.2 Å². The Hall–Kier alpha value is -14.4. The van der Waals surface area contributed by atoms with E-state index in [9.17, 15) is 31.5 Å². The Labute approximate surface area is 915 Å². The van der Waals surface area contributed by atoms with Crippen molar-refractivity contribution in [1.82, 2.24) is 62.8 Å². The molecule has 0 fully saturated rings. The number of anilines is 5. The fourth-order valence-electron chi connectivity index (χ4n) is 13.9. The number of halogens is 7. The van der Waals surface area contributed by atoms with Gasteiger partial charge in [-0.25, -0.2) is 44.7 Å². The number of carbonyl (C=O) groups is 2. The lowest BCUT2D eigenvalue weighted by Gasteiger charge is -2.15. The molecule has 0 spiro atoms. The van der Waals surface area contributed by atoms with Crippen molar-refractivity contribution >= 4 is 195 Å². The first-order valence-corrected chi connectivity index (χ1v) is 49.3. The number of nitrogen functional groups attached to an aromatic ring is 1. The predicted molar refractivity (Wildman–Crippen MR) is 624 cm³/mol. The second-order valence-electron chi connectivity index (χ2n) is 30.6. The zero-order valence-electron chi connectivity index (χ0n) is 74.3. The fourth-order valence-corrected chi connectivity index (χ4v) is 17.7. The molecule has 20 aromatic rings. The Kier molecular flexibility index (Phi) is 51.6. The van der Waals surface area contributed by atoms with Gasteiger partial charge in [0.05, 0.1) is 58.7 Å². The first kappa shape index (κ1) is 125. The highest BCUT2D eigenvalue weighted by atomic mass is 79.9. The van der Waals surface area contributed by atoms with Crippen molar-refractivity contribution in [3.05, 3.63) is 473 Å². The van der Waals surface area contributed by atoms with E-state index in [1.807, 2.05) is 152 Å². The van der Waals surface area contributed by atoms with Crippen LogP contribution in [-0.2, 0) is 57.4 Å². The molecule has 0 bridgehead atoms. The van der Waals surface area contributed by atoms with Gasteiger partial charge < -0.3 is 46.8 Å². The molecule has 35 heteroatoms. The third kappa shape index (κ3) is 34.9. The van der Waals surface area contributed by atoms with Crippen LogP contribution in [0.1, 0.15) is 156 Å². The van der Waals surface area contributed by atoms with Gasteiger partial charge in [-0.15, -0.1) is 0 Å². The Morgan fingerprint density at radius 2 is 0.758 bits per heavy atom. The molecule has 2 atom stereocenters. The number of fused-ring (bicyclic) bond motifs is 4. The van der Waals surface area contributed by atoms with Crippen molar-refractivity contribution in [3.8, 4) is 0 Å². The molecule has 7 aromatic carbocycles. The van der Waals surface area contributed by atoms with E-state index in [2.05, 4.69) is 132 Å². The lowest BCUT2D eigenvalue weighted by atomic mass is 10.0. The van der Waals surface area contributed by atoms with Gasteiger partial charge in [0, 0.05) is 206 Å². The number of benzene rings is 7. The number of rotatable bonds is 25. The van der Waals surface area contributed by atoms with Crippen molar-refractivity contribution in [3.63, 3.8) is 0 Å². The number of nitrogens with one attached hydrogen (secondary N) is 6. The van der Waals surface area contributed by atoms with Gasteiger partial charge in [-0.2, -0.15) is 0 Å². The van der Waals surface area contributed by atoms with E-state index >= 15 is 0 Å². The van der Waals surface area contributed by atoms with Crippen LogP contribution in [0.25, 0.3) is 44.1 Å². The lowest BCUT2D eigenvalue weighted by molar-refractivity contribution is 0.111. The van der Waals surface area contributed by atoms with Crippen LogP contribution >= 0.6 is 89.9 Å². The van der Waals surface area contributed by atoms with Gasteiger partial charge >= 0.3 is 0 Å². The minimum atomic E-state index is -3.89. The van der Waals surface area contributed by atoms with Crippen LogP contribution in [0.15, 0.2) is 390 Å². The van der Waals surface area contributed by atoms with Gasteiger partial charge in [0.2, 0.25) is 0 Å². The van der Waals surface area contributed by atoms with E-state index < -0.39 is 26.2 Å². The fraction of sp³-hybridized carbons (Fsp3) is 0.149. The number of H-pyrrole nitrogens is 2. The maximum absolute atomic E-state index is 13.3. The summed E-state index contributed by atoms with van der Waals surface area (Å²) in [6.07, 6.45) is 23.0. The number of hydrogen-bond acceptors (Lipinski definition) is 22. The van der Waals surface area contributed by atoms with Crippen molar-refractivity contribution in [1.29, 1.82) is 0 Å². The molecule has 26 nitrogen and oxygen atoms in total. The second kappa shape index (κ2) is 61.4.